The molecule has 6 heteroatoms. The van der Waals surface area contributed by atoms with Gasteiger partial charge in [0.1, 0.15) is 0 Å². The average Bonchev–Trinajstić information content (AvgIpc) is 3.29. The summed E-state index contributed by atoms with van der Waals surface area (Å²) in [4.78, 5) is 24.4. The lowest BCUT2D eigenvalue weighted by Crippen LogP contribution is -2.45. The van der Waals surface area contributed by atoms with Crippen LogP contribution in [-0.2, 0) is 14.3 Å². The number of hydrogen-bond acceptors (Lipinski definition) is 5. The Labute approximate surface area is 399 Å². The van der Waals surface area contributed by atoms with Crippen LogP contribution < -0.4 is 5.32 Å². The normalized spacial score (nSPS) is 12.6. The Morgan fingerprint density at radius 3 is 1.11 bits per heavy atom. The van der Waals surface area contributed by atoms with Crippen molar-refractivity contribution in [3.05, 3.63) is 12.2 Å². The highest BCUT2D eigenvalue weighted by Gasteiger charge is 2.20. The number of carbonyl (C=O) groups is 2. The molecule has 0 radical (unpaired) electrons. The van der Waals surface area contributed by atoms with Crippen molar-refractivity contribution in [2.24, 2.45) is 0 Å². The summed E-state index contributed by atoms with van der Waals surface area (Å²) in [5.74, 6) is -0.0223. The quantitative estimate of drug-likeness (QED) is 0.0321. The van der Waals surface area contributed by atoms with Crippen LogP contribution in [0, 0.1) is 0 Å². The molecule has 0 rings (SSSR count). The molecule has 2 atom stereocenters. The Bertz CT molecular complexity index is 955. The largest absolute Gasteiger partial charge is 0.466 e. The van der Waals surface area contributed by atoms with Gasteiger partial charge in [-0.1, -0.05) is 270 Å². The highest BCUT2D eigenvalue weighted by atomic mass is 16.5. The summed E-state index contributed by atoms with van der Waals surface area (Å²) in [6, 6.07) is -0.539. The minimum Gasteiger partial charge on any atom is -0.466 e. The number of aliphatic hydroxyl groups is 2. The highest BCUT2D eigenvalue weighted by molar-refractivity contribution is 5.76. The summed E-state index contributed by atoms with van der Waals surface area (Å²) in [5, 5.41) is 23.1. The lowest BCUT2D eigenvalue weighted by molar-refractivity contribution is -0.143. The van der Waals surface area contributed by atoms with Gasteiger partial charge in [-0.3, -0.25) is 9.59 Å². The van der Waals surface area contributed by atoms with Crippen molar-refractivity contribution < 1.29 is 24.5 Å². The minimum absolute atomic E-state index is 0.0149. The predicted molar refractivity (Wildman–Crippen MR) is 278 cm³/mol. The second kappa shape index (κ2) is 54.2. The standard InChI is InChI=1S/C58H113NO5/c1-3-5-7-9-11-13-31-36-40-44-48-52-58(63)64-53-49-45-41-37-33-30-28-26-24-22-20-18-16-14-15-17-19-21-23-25-27-29-32-35-39-43-47-51-57(62)59-55(54-60)56(61)50-46-42-38-34-12-10-8-6-4-2/h14-15,55-56,60-61H,3-13,16-54H2,1-2H3,(H,59,62)/b15-14-. The first kappa shape index (κ1) is 62.6. The summed E-state index contributed by atoms with van der Waals surface area (Å²) in [7, 11) is 0. The molecule has 380 valence electrons. The Balaban J connectivity index is 3.35. The van der Waals surface area contributed by atoms with Crippen molar-refractivity contribution in [2.75, 3.05) is 13.2 Å². The first-order valence-electron chi connectivity index (χ1n) is 28.9. The number of hydrogen-bond donors (Lipinski definition) is 3. The number of esters is 1. The zero-order valence-corrected chi connectivity index (χ0v) is 43.3. The Morgan fingerprint density at radius 1 is 0.422 bits per heavy atom. The van der Waals surface area contributed by atoms with E-state index >= 15 is 0 Å². The third kappa shape index (κ3) is 50.0. The molecule has 0 aliphatic heterocycles. The van der Waals surface area contributed by atoms with E-state index < -0.39 is 12.1 Å². The SMILES string of the molecule is CCCCCCCCCCCCCC(=O)OCCCCCCCCCCCCCC/C=C\CCCCCCCCCCCCCC(=O)NC(CO)C(O)CCCCCCCCCCC. The second-order valence-electron chi connectivity index (χ2n) is 20.0. The van der Waals surface area contributed by atoms with Gasteiger partial charge in [0.15, 0.2) is 0 Å². The van der Waals surface area contributed by atoms with Gasteiger partial charge < -0.3 is 20.3 Å². The molecule has 0 saturated heterocycles. The zero-order valence-electron chi connectivity index (χ0n) is 43.3. The Kier molecular flexibility index (Phi) is 53.0. The molecule has 0 aliphatic rings. The van der Waals surface area contributed by atoms with E-state index in [9.17, 15) is 19.8 Å². The molecule has 3 N–H and O–H groups in total. The number of unbranched alkanes of at least 4 members (excludes halogenated alkanes) is 41. The van der Waals surface area contributed by atoms with Crippen molar-refractivity contribution in [1.82, 2.24) is 5.32 Å². The second-order valence-corrected chi connectivity index (χ2v) is 20.0. The van der Waals surface area contributed by atoms with Gasteiger partial charge in [0.25, 0.3) is 0 Å². The van der Waals surface area contributed by atoms with Crippen LogP contribution in [0.2, 0.25) is 0 Å². The predicted octanol–water partition coefficient (Wildman–Crippen LogP) is 17.7. The van der Waals surface area contributed by atoms with Crippen LogP contribution in [0.15, 0.2) is 12.2 Å². The molecule has 0 aromatic heterocycles. The van der Waals surface area contributed by atoms with Crippen LogP contribution in [0.4, 0.5) is 0 Å². The molecule has 6 nitrogen and oxygen atoms in total. The van der Waals surface area contributed by atoms with Crippen molar-refractivity contribution in [3.63, 3.8) is 0 Å². The van der Waals surface area contributed by atoms with E-state index in [1.165, 1.54) is 250 Å². The zero-order chi connectivity index (χ0) is 46.5. The number of ether oxygens (including phenoxy) is 1. The highest BCUT2D eigenvalue weighted by Crippen LogP contribution is 2.17. The molecule has 0 aliphatic carbocycles. The lowest BCUT2D eigenvalue weighted by atomic mass is 10.0. The van der Waals surface area contributed by atoms with E-state index in [1.54, 1.807) is 0 Å². The number of amides is 1. The summed E-state index contributed by atoms with van der Waals surface area (Å²) in [6.45, 7) is 4.94. The lowest BCUT2D eigenvalue weighted by Gasteiger charge is -2.22. The summed E-state index contributed by atoms with van der Waals surface area (Å²) in [6.07, 6.45) is 63.7. The molecular formula is C58H113NO5. The molecule has 0 heterocycles. The van der Waals surface area contributed by atoms with Crippen LogP contribution in [-0.4, -0.2) is 47.4 Å². The number of rotatable bonds is 54. The van der Waals surface area contributed by atoms with Crippen LogP contribution >= 0.6 is 0 Å². The van der Waals surface area contributed by atoms with Crippen LogP contribution in [0.25, 0.3) is 0 Å². The Hall–Kier alpha value is -1.40. The van der Waals surface area contributed by atoms with E-state index in [0.29, 0.717) is 25.9 Å². The summed E-state index contributed by atoms with van der Waals surface area (Å²) in [5.41, 5.74) is 0. The van der Waals surface area contributed by atoms with Gasteiger partial charge in [-0.05, 0) is 51.4 Å². The summed E-state index contributed by atoms with van der Waals surface area (Å²) >= 11 is 0. The van der Waals surface area contributed by atoms with Crippen LogP contribution in [0.3, 0.4) is 0 Å². The van der Waals surface area contributed by atoms with Gasteiger partial charge in [0, 0.05) is 12.8 Å². The molecule has 0 saturated carbocycles. The number of allylic oxidation sites excluding steroid dienone is 2. The van der Waals surface area contributed by atoms with Gasteiger partial charge in [-0.2, -0.15) is 0 Å². The van der Waals surface area contributed by atoms with E-state index in [0.717, 1.165) is 38.5 Å². The van der Waals surface area contributed by atoms with Crippen molar-refractivity contribution in [3.8, 4) is 0 Å². The number of nitrogens with one attached hydrogen (secondary N) is 1. The van der Waals surface area contributed by atoms with Crippen molar-refractivity contribution in [1.29, 1.82) is 0 Å². The van der Waals surface area contributed by atoms with Gasteiger partial charge in [0.05, 0.1) is 25.4 Å². The van der Waals surface area contributed by atoms with Gasteiger partial charge in [0.2, 0.25) is 5.91 Å². The molecule has 64 heavy (non-hydrogen) atoms. The first-order valence-corrected chi connectivity index (χ1v) is 28.9. The smallest absolute Gasteiger partial charge is 0.305 e. The molecule has 0 bridgehead atoms. The molecule has 0 fully saturated rings. The topological polar surface area (TPSA) is 95.9 Å². The maximum absolute atomic E-state index is 12.4. The van der Waals surface area contributed by atoms with Crippen LogP contribution in [0.5, 0.6) is 0 Å². The molecule has 0 aromatic carbocycles. The molecule has 2 unspecified atom stereocenters. The fourth-order valence-electron chi connectivity index (χ4n) is 9.11. The summed E-state index contributed by atoms with van der Waals surface area (Å²) < 4.78 is 5.46. The van der Waals surface area contributed by atoms with E-state index in [-0.39, 0.29) is 18.5 Å². The van der Waals surface area contributed by atoms with E-state index in [1.807, 2.05) is 0 Å². The third-order valence-corrected chi connectivity index (χ3v) is 13.6. The molecule has 0 aromatic rings. The molecule has 1 amide bonds. The van der Waals surface area contributed by atoms with E-state index in [2.05, 4.69) is 31.3 Å². The van der Waals surface area contributed by atoms with Crippen molar-refractivity contribution >= 4 is 11.9 Å². The Morgan fingerprint density at radius 2 is 0.734 bits per heavy atom. The minimum atomic E-state index is -0.661. The van der Waals surface area contributed by atoms with Crippen molar-refractivity contribution in [2.45, 2.75) is 334 Å². The average molecular weight is 905 g/mol. The maximum atomic E-state index is 12.4. The van der Waals surface area contributed by atoms with Gasteiger partial charge in [-0.25, -0.2) is 0 Å². The molecule has 0 spiro atoms. The van der Waals surface area contributed by atoms with Crippen LogP contribution in [0.1, 0.15) is 322 Å². The maximum Gasteiger partial charge on any atom is 0.305 e. The first-order chi connectivity index (χ1) is 31.5. The number of carbonyl (C=O) groups excluding carboxylic acids is 2. The third-order valence-electron chi connectivity index (χ3n) is 13.6. The number of aliphatic hydroxyl groups excluding tert-OH is 2. The van der Waals surface area contributed by atoms with Gasteiger partial charge in [-0.15, -0.1) is 0 Å². The van der Waals surface area contributed by atoms with E-state index in [4.69, 9.17) is 4.74 Å². The fraction of sp³-hybridized carbons (Fsp3) is 0.931. The fourth-order valence-corrected chi connectivity index (χ4v) is 9.11. The monoisotopic (exact) mass is 904 g/mol. The molecular weight excluding hydrogens is 791 g/mol. The van der Waals surface area contributed by atoms with Gasteiger partial charge >= 0.3 is 5.97 Å².